The van der Waals surface area contributed by atoms with Crippen molar-refractivity contribution in [1.82, 2.24) is 4.98 Å². The zero-order valence-corrected chi connectivity index (χ0v) is 6.43. The summed E-state index contributed by atoms with van der Waals surface area (Å²) in [4.78, 5) is 3.94. The molecule has 4 heteroatoms. The Morgan fingerprint density at radius 1 is 1.88 bits per heavy atom. The molecule has 1 heterocycles. The van der Waals surface area contributed by atoms with E-state index in [1.54, 1.807) is 6.20 Å². The molecule has 1 nitrogen and oxygen atoms in total. The summed E-state index contributed by atoms with van der Waals surface area (Å²) < 4.78 is 0.731. The van der Waals surface area contributed by atoms with Gasteiger partial charge in [0.05, 0.1) is 6.20 Å². The van der Waals surface area contributed by atoms with Gasteiger partial charge in [0, 0.05) is 5.75 Å². The van der Waals surface area contributed by atoms with Gasteiger partial charge in [-0.1, -0.05) is 11.6 Å². The minimum Gasteiger partial charge on any atom is -0.247 e. The highest BCUT2D eigenvalue weighted by Gasteiger charge is 1.93. The first-order valence-corrected chi connectivity index (χ1v) is 3.86. The maximum atomic E-state index is 5.56. The molecule has 0 aliphatic heterocycles. The second-order valence-electron chi connectivity index (χ2n) is 1.22. The molecule has 0 spiro atoms. The number of thiazole rings is 1. The topological polar surface area (TPSA) is 12.9 Å². The molecule has 8 heavy (non-hydrogen) atoms. The van der Waals surface area contributed by atoms with Gasteiger partial charge in [-0.2, -0.15) is 12.6 Å². The third-order valence-corrected chi connectivity index (χ3v) is 2.29. The molecule has 0 bridgehead atoms. The van der Waals surface area contributed by atoms with Crippen molar-refractivity contribution in [3.8, 4) is 0 Å². The number of nitrogens with zero attached hydrogens (tertiary/aromatic N) is 1. The van der Waals surface area contributed by atoms with Crippen molar-refractivity contribution in [3.63, 3.8) is 0 Å². The third-order valence-electron chi connectivity index (χ3n) is 0.661. The lowest BCUT2D eigenvalue weighted by Gasteiger charge is -1.77. The van der Waals surface area contributed by atoms with Crippen molar-refractivity contribution in [2.75, 3.05) is 0 Å². The highest BCUT2D eigenvalue weighted by atomic mass is 35.5. The van der Waals surface area contributed by atoms with Gasteiger partial charge in [-0.05, 0) is 0 Å². The Morgan fingerprint density at radius 3 is 2.88 bits per heavy atom. The second kappa shape index (κ2) is 2.71. The number of rotatable bonds is 1. The molecule has 0 radical (unpaired) electrons. The quantitative estimate of drug-likeness (QED) is 0.630. The highest BCUT2D eigenvalue weighted by molar-refractivity contribution is 7.79. The van der Waals surface area contributed by atoms with Gasteiger partial charge in [0.1, 0.15) is 9.34 Å². The summed E-state index contributed by atoms with van der Waals surface area (Å²) in [7, 11) is 0. The van der Waals surface area contributed by atoms with Crippen LogP contribution in [0.4, 0.5) is 0 Å². The van der Waals surface area contributed by atoms with Crippen molar-refractivity contribution in [2.45, 2.75) is 5.75 Å². The Labute approximate surface area is 62.1 Å². The molecule has 0 fully saturated rings. The lowest BCUT2D eigenvalue weighted by Crippen LogP contribution is -1.67. The van der Waals surface area contributed by atoms with Crippen molar-refractivity contribution in [2.24, 2.45) is 0 Å². The highest BCUT2D eigenvalue weighted by Crippen LogP contribution is 2.18. The minimum atomic E-state index is 0.678. The van der Waals surface area contributed by atoms with Crippen LogP contribution in [0, 0.1) is 0 Å². The lowest BCUT2D eigenvalue weighted by molar-refractivity contribution is 1.27. The fourth-order valence-corrected chi connectivity index (χ4v) is 1.45. The molecule has 0 aliphatic carbocycles. The summed E-state index contributed by atoms with van der Waals surface area (Å²) >= 11 is 11.0. The van der Waals surface area contributed by atoms with Gasteiger partial charge in [-0.3, -0.25) is 0 Å². The molecule has 0 atom stereocenters. The van der Waals surface area contributed by atoms with Crippen molar-refractivity contribution in [1.29, 1.82) is 0 Å². The number of hydrogen-bond donors (Lipinski definition) is 1. The molecule has 0 amide bonds. The Bertz CT molecular complexity index is 174. The zero-order valence-electron chi connectivity index (χ0n) is 3.97. The SMILES string of the molecule is SCc1ncc(Cl)s1. The van der Waals surface area contributed by atoms with Gasteiger partial charge in [-0.15, -0.1) is 11.3 Å². The molecule has 1 aromatic rings. The van der Waals surface area contributed by atoms with Crippen molar-refractivity contribution >= 4 is 35.6 Å². The van der Waals surface area contributed by atoms with Gasteiger partial charge >= 0.3 is 0 Å². The fourth-order valence-electron chi connectivity index (χ4n) is 0.361. The molecule has 44 valence electrons. The van der Waals surface area contributed by atoms with E-state index < -0.39 is 0 Å². The Kier molecular flexibility index (Phi) is 2.16. The van der Waals surface area contributed by atoms with Crippen LogP contribution in [-0.4, -0.2) is 4.98 Å². The number of thiol groups is 1. The third kappa shape index (κ3) is 1.37. The normalized spacial score (nSPS) is 9.75. The maximum absolute atomic E-state index is 5.56. The number of halogens is 1. The standard InChI is InChI=1S/C4H4ClNS2/c5-3-1-6-4(2-7)8-3/h1,7H,2H2. The van der Waals surface area contributed by atoms with E-state index in [-0.39, 0.29) is 0 Å². The van der Waals surface area contributed by atoms with Gasteiger partial charge in [-0.25, -0.2) is 4.98 Å². The number of hydrogen-bond acceptors (Lipinski definition) is 3. The molecule has 1 rings (SSSR count). The summed E-state index contributed by atoms with van der Waals surface area (Å²) in [6, 6.07) is 0. The van der Waals surface area contributed by atoms with E-state index in [9.17, 15) is 0 Å². The molecular formula is C4H4ClNS2. The van der Waals surface area contributed by atoms with Crippen LogP contribution < -0.4 is 0 Å². The van der Waals surface area contributed by atoms with E-state index in [0.717, 1.165) is 9.34 Å². The smallest absolute Gasteiger partial charge is 0.113 e. The van der Waals surface area contributed by atoms with Gasteiger partial charge in [0.2, 0.25) is 0 Å². The molecule has 1 aromatic heterocycles. The predicted molar refractivity (Wildman–Crippen MR) is 39.8 cm³/mol. The first-order valence-electron chi connectivity index (χ1n) is 2.04. The monoisotopic (exact) mass is 165 g/mol. The van der Waals surface area contributed by atoms with Crippen LogP contribution >= 0.6 is 35.6 Å². The van der Waals surface area contributed by atoms with Gasteiger partial charge < -0.3 is 0 Å². The maximum Gasteiger partial charge on any atom is 0.113 e. The van der Waals surface area contributed by atoms with Crippen LogP contribution in [0.1, 0.15) is 5.01 Å². The number of aromatic nitrogens is 1. The Morgan fingerprint density at radius 2 is 2.62 bits per heavy atom. The molecule has 0 unspecified atom stereocenters. The van der Waals surface area contributed by atoms with Crippen LogP contribution in [0.25, 0.3) is 0 Å². The Balaban J connectivity index is 2.84. The second-order valence-corrected chi connectivity index (χ2v) is 3.28. The Hall–Kier alpha value is 0.270. The van der Waals surface area contributed by atoms with Crippen molar-refractivity contribution in [3.05, 3.63) is 15.5 Å². The van der Waals surface area contributed by atoms with E-state index in [0.29, 0.717) is 5.75 Å². The molecule has 0 saturated carbocycles. The summed E-state index contributed by atoms with van der Waals surface area (Å²) in [6.45, 7) is 0. The zero-order chi connectivity index (χ0) is 5.98. The predicted octanol–water partition coefficient (Wildman–Crippen LogP) is 2.23. The fraction of sp³-hybridized carbons (Fsp3) is 0.250. The first-order chi connectivity index (χ1) is 3.83. The summed E-state index contributed by atoms with van der Waals surface area (Å²) in [5.41, 5.74) is 0. The van der Waals surface area contributed by atoms with Crippen LogP contribution in [0.15, 0.2) is 6.20 Å². The summed E-state index contributed by atoms with van der Waals surface area (Å²) in [5.74, 6) is 0.678. The van der Waals surface area contributed by atoms with E-state index in [1.165, 1.54) is 11.3 Å². The van der Waals surface area contributed by atoms with Crippen LogP contribution in [-0.2, 0) is 5.75 Å². The van der Waals surface area contributed by atoms with Gasteiger partial charge in [0.25, 0.3) is 0 Å². The van der Waals surface area contributed by atoms with Crippen LogP contribution in [0.5, 0.6) is 0 Å². The largest absolute Gasteiger partial charge is 0.247 e. The molecule has 0 aliphatic rings. The summed E-state index contributed by atoms with van der Waals surface area (Å²) in [5, 5.41) is 0.971. The first kappa shape index (κ1) is 6.39. The van der Waals surface area contributed by atoms with Crippen molar-refractivity contribution < 1.29 is 0 Å². The van der Waals surface area contributed by atoms with E-state index in [4.69, 9.17) is 11.6 Å². The average Bonchev–Trinajstić information content (AvgIpc) is 2.14. The minimum absolute atomic E-state index is 0.678. The van der Waals surface area contributed by atoms with Gasteiger partial charge in [0.15, 0.2) is 0 Å². The molecular weight excluding hydrogens is 162 g/mol. The molecule has 0 N–H and O–H groups in total. The van der Waals surface area contributed by atoms with Crippen LogP contribution in [0.2, 0.25) is 4.34 Å². The van der Waals surface area contributed by atoms with E-state index in [2.05, 4.69) is 17.6 Å². The molecule has 0 saturated heterocycles. The van der Waals surface area contributed by atoms with E-state index in [1.807, 2.05) is 0 Å². The lowest BCUT2D eigenvalue weighted by atomic mass is 10.8. The van der Waals surface area contributed by atoms with Crippen LogP contribution in [0.3, 0.4) is 0 Å². The summed E-state index contributed by atoms with van der Waals surface area (Å²) in [6.07, 6.45) is 1.64. The average molecular weight is 166 g/mol. The van der Waals surface area contributed by atoms with E-state index >= 15 is 0 Å². The molecule has 0 aromatic carbocycles.